The van der Waals surface area contributed by atoms with Crippen LogP contribution in [0.15, 0.2) is 10.5 Å². The van der Waals surface area contributed by atoms with Crippen LogP contribution < -0.4 is 5.32 Å². The van der Waals surface area contributed by atoms with E-state index in [1.54, 1.807) is 0 Å². The van der Waals surface area contributed by atoms with Gasteiger partial charge in [0.15, 0.2) is 0 Å². The Bertz CT molecular complexity index is 404. The monoisotopic (exact) mass is 280 g/mol. The van der Waals surface area contributed by atoms with E-state index < -0.39 is 0 Å². The van der Waals surface area contributed by atoms with Crippen LogP contribution in [0, 0.1) is 12.3 Å². The van der Waals surface area contributed by atoms with Gasteiger partial charge < -0.3 is 9.73 Å². The molecule has 1 aromatic heterocycles. The van der Waals surface area contributed by atoms with Gasteiger partial charge in [0.25, 0.3) is 0 Å². The molecule has 20 heavy (non-hydrogen) atoms. The molecule has 0 aliphatic carbocycles. The number of furan rings is 1. The minimum atomic E-state index is 0.290. The van der Waals surface area contributed by atoms with E-state index in [0.29, 0.717) is 6.04 Å². The van der Waals surface area contributed by atoms with Crippen molar-refractivity contribution in [3.63, 3.8) is 0 Å². The second kappa shape index (κ2) is 7.28. The number of aryl methyl sites for hydroxylation is 1. The molecule has 0 aliphatic heterocycles. The third kappa shape index (κ3) is 4.95. The first-order chi connectivity index (χ1) is 9.25. The molecule has 0 bridgehead atoms. The summed E-state index contributed by atoms with van der Waals surface area (Å²) in [6, 6.07) is 2.72. The molecular formula is C17H32N2O. The molecule has 1 N–H and O–H groups in total. The molecule has 0 aromatic carbocycles. The van der Waals surface area contributed by atoms with Gasteiger partial charge in [0.1, 0.15) is 11.5 Å². The Morgan fingerprint density at radius 2 is 2.00 bits per heavy atom. The quantitative estimate of drug-likeness (QED) is 0.767. The van der Waals surface area contributed by atoms with Gasteiger partial charge in [-0.15, -0.1) is 0 Å². The molecule has 1 heterocycles. The van der Waals surface area contributed by atoms with E-state index >= 15 is 0 Å². The summed E-state index contributed by atoms with van der Waals surface area (Å²) in [4.78, 5) is 2.40. The van der Waals surface area contributed by atoms with Crippen LogP contribution in [0.1, 0.15) is 58.1 Å². The topological polar surface area (TPSA) is 28.4 Å². The highest BCUT2D eigenvalue weighted by Crippen LogP contribution is 2.25. The van der Waals surface area contributed by atoms with Crippen LogP contribution >= 0.6 is 0 Å². The van der Waals surface area contributed by atoms with Gasteiger partial charge in [-0.3, -0.25) is 4.90 Å². The molecular weight excluding hydrogens is 248 g/mol. The van der Waals surface area contributed by atoms with Crippen LogP contribution in [-0.4, -0.2) is 24.5 Å². The van der Waals surface area contributed by atoms with Crippen molar-refractivity contribution < 1.29 is 4.42 Å². The third-order valence-corrected chi connectivity index (χ3v) is 4.13. The Balaban J connectivity index is 2.63. The summed E-state index contributed by atoms with van der Waals surface area (Å²) >= 11 is 0. The van der Waals surface area contributed by atoms with Gasteiger partial charge in [-0.1, -0.05) is 27.7 Å². The fourth-order valence-electron chi connectivity index (χ4n) is 2.29. The molecule has 0 saturated heterocycles. The molecule has 1 aromatic rings. The lowest BCUT2D eigenvalue weighted by molar-refractivity contribution is 0.134. The van der Waals surface area contributed by atoms with E-state index in [1.807, 2.05) is 0 Å². The minimum absolute atomic E-state index is 0.290. The second-order valence-corrected chi connectivity index (χ2v) is 6.93. The van der Waals surface area contributed by atoms with Crippen LogP contribution in [0.2, 0.25) is 0 Å². The highest BCUT2D eigenvalue weighted by atomic mass is 16.3. The fourth-order valence-corrected chi connectivity index (χ4v) is 2.29. The number of nitrogens with one attached hydrogen (secondary N) is 1. The average molecular weight is 280 g/mol. The normalized spacial score (nSPS) is 14.0. The molecule has 0 saturated carbocycles. The van der Waals surface area contributed by atoms with Gasteiger partial charge in [-0.2, -0.15) is 0 Å². The fraction of sp³-hybridized carbons (Fsp3) is 0.765. The predicted octanol–water partition coefficient (Wildman–Crippen LogP) is 3.95. The smallest absolute Gasteiger partial charge is 0.118 e. The van der Waals surface area contributed by atoms with Gasteiger partial charge >= 0.3 is 0 Å². The number of hydrogen-bond acceptors (Lipinski definition) is 3. The third-order valence-electron chi connectivity index (χ3n) is 4.13. The lowest BCUT2D eigenvalue weighted by atomic mass is 9.87. The van der Waals surface area contributed by atoms with Crippen LogP contribution in [0.5, 0.6) is 0 Å². The van der Waals surface area contributed by atoms with Crippen LogP contribution in [-0.2, 0) is 13.1 Å². The van der Waals surface area contributed by atoms with Gasteiger partial charge in [0.2, 0.25) is 0 Å². The van der Waals surface area contributed by atoms with Crippen LogP contribution in [0.25, 0.3) is 0 Å². The maximum Gasteiger partial charge on any atom is 0.118 e. The van der Waals surface area contributed by atoms with Gasteiger partial charge in [0.05, 0.1) is 6.54 Å². The van der Waals surface area contributed by atoms with Gasteiger partial charge in [-0.25, -0.2) is 0 Å². The SMILES string of the molecule is CCCNCc1cc(CN(C)C(C)C(C)(C)C)c(C)o1. The molecule has 0 fully saturated rings. The first-order valence-electron chi connectivity index (χ1n) is 7.74. The number of nitrogens with zero attached hydrogens (tertiary/aromatic N) is 1. The Kier molecular flexibility index (Phi) is 6.28. The van der Waals surface area contributed by atoms with Crippen molar-refractivity contribution in [3.05, 3.63) is 23.2 Å². The predicted molar refractivity (Wildman–Crippen MR) is 85.8 cm³/mol. The van der Waals surface area contributed by atoms with E-state index in [4.69, 9.17) is 4.42 Å². The Labute approximate surface area is 124 Å². The number of rotatable bonds is 7. The molecule has 0 amide bonds. The molecule has 1 rings (SSSR count). The molecule has 1 unspecified atom stereocenters. The van der Waals surface area contributed by atoms with Crippen molar-refractivity contribution in [2.75, 3.05) is 13.6 Å². The summed E-state index contributed by atoms with van der Waals surface area (Å²) < 4.78 is 5.84. The Morgan fingerprint density at radius 1 is 1.35 bits per heavy atom. The first kappa shape index (κ1) is 17.3. The second-order valence-electron chi connectivity index (χ2n) is 6.93. The molecule has 3 nitrogen and oxygen atoms in total. The lowest BCUT2D eigenvalue weighted by Crippen LogP contribution is -2.38. The van der Waals surface area contributed by atoms with Crippen LogP contribution in [0.3, 0.4) is 0 Å². The summed E-state index contributed by atoms with van der Waals surface area (Å²) in [5.41, 5.74) is 1.59. The lowest BCUT2D eigenvalue weighted by Gasteiger charge is -2.35. The summed E-state index contributed by atoms with van der Waals surface area (Å²) in [6.07, 6.45) is 1.15. The minimum Gasteiger partial charge on any atom is -0.465 e. The van der Waals surface area contributed by atoms with E-state index in [9.17, 15) is 0 Å². The molecule has 1 atom stereocenters. The van der Waals surface area contributed by atoms with E-state index in [0.717, 1.165) is 37.6 Å². The maximum atomic E-state index is 5.84. The Morgan fingerprint density at radius 3 is 2.55 bits per heavy atom. The van der Waals surface area contributed by atoms with E-state index in [2.05, 4.69) is 64.9 Å². The molecule has 0 spiro atoms. The highest BCUT2D eigenvalue weighted by Gasteiger charge is 2.24. The zero-order valence-electron chi connectivity index (χ0n) is 14.3. The summed E-state index contributed by atoms with van der Waals surface area (Å²) in [5, 5.41) is 3.38. The van der Waals surface area contributed by atoms with Gasteiger partial charge in [0, 0.05) is 18.2 Å². The van der Waals surface area contributed by atoms with Crippen molar-refractivity contribution in [1.82, 2.24) is 10.2 Å². The van der Waals surface area contributed by atoms with Crippen LogP contribution in [0.4, 0.5) is 0 Å². The first-order valence-corrected chi connectivity index (χ1v) is 7.74. The zero-order chi connectivity index (χ0) is 15.3. The van der Waals surface area contributed by atoms with Gasteiger partial charge in [-0.05, 0) is 45.3 Å². The Hall–Kier alpha value is -0.800. The van der Waals surface area contributed by atoms with Crippen molar-refractivity contribution in [2.24, 2.45) is 5.41 Å². The van der Waals surface area contributed by atoms with Crippen molar-refractivity contribution in [2.45, 2.75) is 67.1 Å². The van der Waals surface area contributed by atoms with Crippen molar-refractivity contribution in [3.8, 4) is 0 Å². The van der Waals surface area contributed by atoms with Crippen molar-refractivity contribution >= 4 is 0 Å². The highest BCUT2D eigenvalue weighted by molar-refractivity contribution is 5.20. The number of hydrogen-bond donors (Lipinski definition) is 1. The maximum absolute atomic E-state index is 5.84. The molecule has 0 radical (unpaired) electrons. The average Bonchev–Trinajstić information content (AvgIpc) is 2.68. The van der Waals surface area contributed by atoms with E-state index in [1.165, 1.54) is 5.56 Å². The molecule has 3 heteroatoms. The summed E-state index contributed by atoms with van der Waals surface area (Å²) in [7, 11) is 2.19. The zero-order valence-corrected chi connectivity index (χ0v) is 14.3. The molecule has 0 aliphatic rings. The summed E-state index contributed by atoms with van der Waals surface area (Å²) in [5.74, 6) is 2.09. The molecule has 116 valence electrons. The van der Waals surface area contributed by atoms with Crippen molar-refractivity contribution in [1.29, 1.82) is 0 Å². The largest absolute Gasteiger partial charge is 0.465 e. The summed E-state index contributed by atoms with van der Waals surface area (Å²) in [6.45, 7) is 16.2. The standard InChI is InChI=1S/C17H32N2O/c1-8-9-18-11-16-10-15(13(2)20-16)12-19(7)14(3)17(4,5)6/h10,14,18H,8-9,11-12H2,1-7H3. The van der Waals surface area contributed by atoms with E-state index in [-0.39, 0.29) is 5.41 Å².